The van der Waals surface area contributed by atoms with E-state index >= 15 is 0 Å². The van der Waals surface area contributed by atoms with E-state index in [1.807, 2.05) is 0 Å². The summed E-state index contributed by atoms with van der Waals surface area (Å²) in [6.45, 7) is 1.79. The van der Waals surface area contributed by atoms with Gasteiger partial charge in [-0.25, -0.2) is 0 Å². The second-order valence-corrected chi connectivity index (χ2v) is 5.22. The van der Waals surface area contributed by atoms with Crippen LogP contribution in [0.4, 0.5) is 0 Å². The number of halogens is 1. The van der Waals surface area contributed by atoms with Gasteiger partial charge in [-0.05, 0) is 28.3 Å². The quantitative estimate of drug-likeness (QED) is 0.802. The summed E-state index contributed by atoms with van der Waals surface area (Å²) in [5.74, 6) is 0.657. The summed E-state index contributed by atoms with van der Waals surface area (Å²) in [6, 6.07) is 0. The van der Waals surface area contributed by atoms with E-state index in [0.717, 1.165) is 35.0 Å². The molecule has 0 bridgehead atoms. The van der Waals surface area contributed by atoms with Gasteiger partial charge in [0.05, 0.1) is 0 Å². The lowest BCUT2D eigenvalue weighted by atomic mass is 10.1. The third-order valence-electron chi connectivity index (χ3n) is 1.93. The Labute approximate surface area is 83.3 Å². The van der Waals surface area contributed by atoms with Crippen molar-refractivity contribution < 1.29 is 4.74 Å². The molecule has 1 atom stereocenters. The van der Waals surface area contributed by atoms with Gasteiger partial charge in [0, 0.05) is 19.6 Å². The number of nitrogens with zero attached hydrogens (tertiary/aromatic N) is 2. The van der Waals surface area contributed by atoms with Crippen molar-refractivity contribution in [2.75, 3.05) is 13.2 Å². The van der Waals surface area contributed by atoms with E-state index in [4.69, 9.17) is 4.74 Å². The fourth-order valence-corrected chi connectivity index (χ4v) is 2.62. The average Bonchev–Trinajstić information content (AvgIpc) is 2.63. The summed E-state index contributed by atoms with van der Waals surface area (Å²) in [7, 11) is 0. The van der Waals surface area contributed by atoms with Crippen LogP contribution in [0.1, 0.15) is 11.4 Å². The molecular formula is C7H9BrN2OS. The summed E-state index contributed by atoms with van der Waals surface area (Å²) in [4.78, 5) is 0. The molecule has 1 aromatic rings. The zero-order valence-corrected chi connectivity index (χ0v) is 8.90. The van der Waals surface area contributed by atoms with E-state index in [0.29, 0.717) is 5.92 Å². The monoisotopic (exact) mass is 248 g/mol. The molecule has 5 heteroatoms. The minimum atomic E-state index is 0.657. The zero-order valence-electron chi connectivity index (χ0n) is 6.49. The Morgan fingerprint density at radius 3 is 3.08 bits per heavy atom. The third kappa shape index (κ3) is 2.02. The first kappa shape index (κ1) is 8.59. The Morgan fingerprint density at radius 2 is 2.50 bits per heavy atom. The van der Waals surface area contributed by atoms with E-state index < -0.39 is 0 Å². The van der Waals surface area contributed by atoms with Crippen molar-refractivity contribution in [3.63, 3.8) is 0 Å². The van der Waals surface area contributed by atoms with E-state index in [2.05, 4.69) is 26.1 Å². The molecule has 1 saturated heterocycles. The number of hydrogen-bond donors (Lipinski definition) is 0. The molecule has 0 radical (unpaired) electrons. The van der Waals surface area contributed by atoms with Crippen LogP contribution in [0.3, 0.4) is 0 Å². The van der Waals surface area contributed by atoms with E-state index in [9.17, 15) is 0 Å². The van der Waals surface area contributed by atoms with Crippen LogP contribution in [-0.4, -0.2) is 23.4 Å². The fourth-order valence-electron chi connectivity index (χ4n) is 1.31. The minimum absolute atomic E-state index is 0.657. The van der Waals surface area contributed by atoms with Gasteiger partial charge in [0.2, 0.25) is 0 Å². The normalized spacial score (nSPS) is 23.2. The van der Waals surface area contributed by atoms with Crippen LogP contribution in [0.5, 0.6) is 0 Å². The summed E-state index contributed by atoms with van der Waals surface area (Å²) < 4.78 is 6.15. The maximum absolute atomic E-state index is 5.28. The van der Waals surface area contributed by atoms with Crippen LogP contribution >= 0.6 is 27.3 Å². The van der Waals surface area contributed by atoms with Crippen molar-refractivity contribution in [2.45, 2.75) is 12.8 Å². The molecule has 0 N–H and O–H groups in total. The molecule has 0 aromatic carbocycles. The largest absolute Gasteiger partial charge is 0.381 e. The van der Waals surface area contributed by atoms with Crippen LogP contribution in [-0.2, 0) is 11.2 Å². The van der Waals surface area contributed by atoms with Crippen LogP contribution in [0.2, 0.25) is 0 Å². The highest BCUT2D eigenvalue weighted by atomic mass is 79.9. The van der Waals surface area contributed by atoms with Gasteiger partial charge in [-0.2, -0.15) is 0 Å². The van der Waals surface area contributed by atoms with Crippen LogP contribution in [0.15, 0.2) is 3.92 Å². The Kier molecular flexibility index (Phi) is 2.73. The van der Waals surface area contributed by atoms with E-state index in [-0.39, 0.29) is 0 Å². The third-order valence-corrected chi connectivity index (χ3v) is 3.31. The van der Waals surface area contributed by atoms with Gasteiger partial charge in [-0.15, -0.1) is 10.2 Å². The highest BCUT2D eigenvalue weighted by molar-refractivity contribution is 9.11. The van der Waals surface area contributed by atoms with Crippen molar-refractivity contribution in [3.8, 4) is 0 Å². The zero-order chi connectivity index (χ0) is 8.39. The lowest BCUT2D eigenvalue weighted by molar-refractivity contribution is 0.186. The highest BCUT2D eigenvalue weighted by Gasteiger charge is 2.17. The maximum Gasteiger partial charge on any atom is 0.183 e. The molecule has 66 valence electrons. The fraction of sp³-hybridized carbons (Fsp3) is 0.714. The first-order valence-electron chi connectivity index (χ1n) is 3.90. The minimum Gasteiger partial charge on any atom is -0.381 e. The van der Waals surface area contributed by atoms with Crippen molar-refractivity contribution in [2.24, 2.45) is 5.92 Å². The summed E-state index contributed by atoms with van der Waals surface area (Å²) in [6.07, 6.45) is 2.18. The summed E-state index contributed by atoms with van der Waals surface area (Å²) in [5, 5.41) is 9.06. The molecule has 0 spiro atoms. The van der Waals surface area contributed by atoms with Gasteiger partial charge in [0.15, 0.2) is 3.92 Å². The number of aromatic nitrogens is 2. The van der Waals surface area contributed by atoms with E-state index in [1.165, 1.54) is 0 Å². The number of ether oxygens (including phenoxy) is 1. The van der Waals surface area contributed by atoms with Crippen LogP contribution < -0.4 is 0 Å². The molecule has 2 rings (SSSR count). The molecule has 0 saturated carbocycles. The Morgan fingerprint density at radius 1 is 1.58 bits per heavy atom. The van der Waals surface area contributed by atoms with Crippen molar-refractivity contribution >= 4 is 27.3 Å². The number of hydrogen-bond acceptors (Lipinski definition) is 4. The standard InChI is InChI=1S/C7H9BrN2OS/c8-7-10-9-6(12-7)3-5-1-2-11-4-5/h5H,1-4H2. The SMILES string of the molecule is Brc1nnc(CC2CCOC2)s1. The lowest BCUT2D eigenvalue weighted by Crippen LogP contribution is -2.02. The summed E-state index contributed by atoms with van der Waals surface area (Å²) in [5.41, 5.74) is 0. The van der Waals surface area contributed by atoms with E-state index in [1.54, 1.807) is 11.3 Å². The smallest absolute Gasteiger partial charge is 0.183 e. The second kappa shape index (κ2) is 3.81. The molecule has 0 amide bonds. The Balaban J connectivity index is 1.94. The predicted octanol–water partition coefficient (Wildman–Crippen LogP) is 1.88. The Bertz CT molecular complexity index is 260. The van der Waals surface area contributed by atoms with Gasteiger partial charge >= 0.3 is 0 Å². The van der Waals surface area contributed by atoms with Gasteiger partial charge in [0.1, 0.15) is 5.01 Å². The molecule has 1 aromatic heterocycles. The average molecular weight is 249 g/mol. The topological polar surface area (TPSA) is 35.0 Å². The molecule has 1 aliphatic rings. The van der Waals surface area contributed by atoms with Gasteiger partial charge in [-0.1, -0.05) is 11.3 Å². The molecule has 1 unspecified atom stereocenters. The lowest BCUT2D eigenvalue weighted by Gasteiger charge is -2.01. The van der Waals surface area contributed by atoms with Crippen molar-refractivity contribution in [1.82, 2.24) is 10.2 Å². The van der Waals surface area contributed by atoms with Gasteiger partial charge in [0.25, 0.3) is 0 Å². The van der Waals surface area contributed by atoms with Gasteiger partial charge in [-0.3, -0.25) is 0 Å². The first-order chi connectivity index (χ1) is 5.84. The number of rotatable bonds is 2. The molecule has 12 heavy (non-hydrogen) atoms. The molecular weight excluding hydrogens is 240 g/mol. The van der Waals surface area contributed by atoms with Gasteiger partial charge < -0.3 is 4.74 Å². The molecule has 1 aliphatic heterocycles. The second-order valence-electron chi connectivity index (χ2n) is 2.88. The molecule has 2 heterocycles. The maximum atomic E-state index is 5.28. The van der Waals surface area contributed by atoms with Crippen molar-refractivity contribution in [3.05, 3.63) is 8.92 Å². The predicted molar refractivity (Wildman–Crippen MR) is 50.2 cm³/mol. The van der Waals surface area contributed by atoms with Crippen LogP contribution in [0, 0.1) is 5.92 Å². The summed E-state index contributed by atoms with van der Waals surface area (Å²) >= 11 is 4.91. The molecule has 0 aliphatic carbocycles. The molecule has 1 fully saturated rings. The van der Waals surface area contributed by atoms with Crippen LogP contribution in [0.25, 0.3) is 0 Å². The highest BCUT2D eigenvalue weighted by Crippen LogP contribution is 2.22. The van der Waals surface area contributed by atoms with Crippen molar-refractivity contribution in [1.29, 1.82) is 0 Å². The molecule has 3 nitrogen and oxygen atoms in total. The first-order valence-corrected chi connectivity index (χ1v) is 5.51. The Hall–Kier alpha value is -0.0000000000000000555.